The monoisotopic (exact) mass is 479 g/mol. The molecule has 2 N–H and O–H groups in total. The molecule has 35 heavy (non-hydrogen) atoms. The van der Waals surface area contributed by atoms with Gasteiger partial charge in [0.05, 0.1) is 0 Å². The molecule has 188 valence electrons. The minimum absolute atomic E-state index is 0.0336. The molecule has 0 aromatic heterocycles. The van der Waals surface area contributed by atoms with E-state index in [2.05, 4.69) is 10.6 Å². The fraction of sp³-hybridized carbons (Fsp3) is 0.464. The topological polar surface area (TPSA) is 87.7 Å². The number of rotatable bonds is 10. The van der Waals surface area contributed by atoms with E-state index >= 15 is 0 Å². The molecule has 3 rings (SSSR count). The largest absolute Gasteiger partial charge is 0.445 e. The van der Waals surface area contributed by atoms with E-state index in [1.807, 2.05) is 79.4 Å². The molecule has 7 heteroatoms. The first-order valence-corrected chi connectivity index (χ1v) is 12.6. The molecule has 3 amide bonds. The Balaban J connectivity index is 1.56. The fourth-order valence-electron chi connectivity index (χ4n) is 4.41. The van der Waals surface area contributed by atoms with Gasteiger partial charge in [0.2, 0.25) is 11.8 Å². The summed E-state index contributed by atoms with van der Waals surface area (Å²) in [5, 5.41) is 5.83. The highest BCUT2D eigenvalue weighted by Gasteiger charge is 2.29. The molecule has 2 aromatic carbocycles. The van der Waals surface area contributed by atoms with Crippen molar-refractivity contribution in [3.05, 3.63) is 71.8 Å². The number of carbonyl (C=O) groups excluding carboxylic acids is 3. The van der Waals surface area contributed by atoms with E-state index in [0.29, 0.717) is 32.4 Å². The maximum absolute atomic E-state index is 13.2. The number of hydrogen-bond acceptors (Lipinski definition) is 4. The predicted octanol–water partition coefficient (Wildman–Crippen LogP) is 4.07. The lowest BCUT2D eigenvalue weighted by Gasteiger charge is -2.35. The first kappa shape index (κ1) is 26.3. The highest BCUT2D eigenvalue weighted by Crippen LogP contribution is 2.17. The van der Waals surface area contributed by atoms with Crippen molar-refractivity contribution in [2.45, 2.75) is 64.6 Å². The fourth-order valence-corrected chi connectivity index (χ4v) is 4.41. The number of hydrogen-bond donors (Lipinski definition) is 2. The van der Waals surface area contributed by atoms with Gasteiger partial charge in [-0.05, 0) is 36.8 Å². The molecule has 1 unspecified atom stereocenters. The minimum Gasteiger partial charge on any atom is -0.445 e. The summed E-state index contributed by atoms with van der Waals surface area (Å²) in [6, 6.07) is 18.2. The highest BCUT2D eigenvalue weighted by atomic mass is 16.5. The zero-order valence-electron chi connectivity index (χ0n) is 20.7. The number of carbonyl (C=O) groups is 3. The molecule has 0 spiro atoms. The van der Waals surface area contributed by atoms with E-state index in [1.54, 1.807) is 0 Å². The summed E-state index contributed by atoms with van der Waals surface area (Å²) in [6.07, 6.45) is 2.83. The molecule has 0 saturated carbocycles. The predicted molar refractivity (Wildman–Crippen MR) is 136 cm³/mol. The van der Waals surface area contributed by atoms with Gasteiger partial charge >= 0.3 is 6.09 Å². The normalized spacial score (nSPS) is 14.9. The molecule has 0 aliphatic carbocycles. The Kier molecular flexibility index (Phi) is 10.1. The first-order valence-electron chi connectivity index (χ1n) is 12.6. The Morgan fingerprint density at radius 3 is 2.06 bits per heavy atom. The third-order valence-corrected chi connectivity index (χ3v) is 6.59. The molecule has 0 bridgehead atoms. The summed E-state index contributed by atoms with van der Waals surface area (Å²) in [7, 11) is 0. The van der Waals surface area contributed by atoms with Gasteiger partial charge in [0.1, 0.15) is 12.6 Å². The molecule has 1 fully saturated rings. The third-order valence-electron chi connectivity index (χ3n) is 6.59. The first-order chi connectivity index (χ1) is 17.0. The van der Waals surface area contributed by atoms with Gasteiger partial charge in [0, 0.05) is 31.5 Å². The molecule has 2 aromatic rings. The highest BCUT2D eigenvalue weighted by molar-refractivity contribution is 5.86. The molecule has 1 heterocycles. The summed E-state index contributed by atoms with van der Waals surface area (Å²) in [5.41, 5.74) is 1.82. The molecule has 1 aliphatic rings. The Morgan fingerprint density at radius 1 is 0.914 bits per heavy atom. The van der Waals surface area contributed by atoms with E-state index in [0.717, 1.165) is 24.0 Å². The third kappa shape index (κ3) is 8.12. The Morgan fingerprint density at radius 2 is 1.49 bits per heavy atom. The van der Waals surface area contributed by atoms with Gasteiger partial charge in [0.25, 0.3) is 0 Å². The van der Waals surface area contributed by atoms with Crippen LogP contribution in [0.3, 0.4) is 0 Å². The molecular formula is C28H37N3O4. The van der Waals surface area contributed by atoms with Crippen LogP contribution < -0.4 is 10.6 Å². The standard InChI is InChI=1S/C28H37N3O4/c1-3-23(4-2)27(33)31-17-15-24(16-18-31)29-26(32)25(19-21-11-7-5-8-12-21)30-28(34)35-20-22-13-9-6-10-14-22/h5-14,23-25H,3-4,15-20H2,1-2H3,(H,29,32)(H,30,34). The second kappa shape index (κ2) is 13.5. The van der Waals surface area contributed by atoms with E-state index < -0.39 is 12.1 Å². The van der Waals surface area contributed by atoms with Crippen molar-refractivity contribution in [1.29, 1.82) is 0 Å². The number of piperidine rings is 1. The maximum Gasteiger partial charge on any atom is 0.408 e. The lowest BCUT2D eigenvalue weighted by molar-refractivity contribution is -0.137. The minimum atomic E-state index is -0.759. The van der Waals surface area contributed by atoms with Gasteiger partial charge in [-0.2, -0.15) is 0 Å². The van der Waals surface area contributed by atoms with Crippen molar-refractivity contribution in [1.82, 2.24) is 15.5 Å². The molecular weight excluding hydrogens is 442 g/mol. The SMILES string of the molecule is CCC(CC)C(=O)N1CCC(NC(=O)C(Cc2ccccc2)NC(=O)OCc2ccccc2)CC1. The van der Waals surface area contributed by atoms with Gasteiger partial charge in [-0.25, -0.2) is 4.79 Å². The van der Waals surface area contributed by atoms with Crippen LogP contribution in [0.15, 0.2) is 60.7 Å². The van der Waals surface area contributed by atoms with Gasteiger partial charge in [0.15, 0.2) is 0 Å². The van der Waals surface area contributed by atoms with E-state index in [9.17, 15) is 14.4 Å². The van der Waals surface area contributed by atoms with Crippen LogP contribution in [0.4, 0.5) is 4.79 Å². The summed E-state index contributed by atoms with van der Waals surface area (Å²) in [6.45, 7) is 5.50. The van der Waals surface area contributed by atoms with Crippen molar-refractivity contribution >= 4 is 17.9 Å². The van der Waals surface area contributed by atoms with Crippen LogP contribution >= 0.6 is 0 Å². The Labute approximate surface area is 208 Å². The quantitative estimate of drug-likeness (QED) is 0.538. The average molecular weight is 480 g/mol. The second-order valence-electron chi connectivity index (χ2n) is 9.07. The summed E-state index contributed by atoms with van der Waals surface area (Å²) < 4.78 is 5.35. The van der Waals surface area contributed by atoms with Crippen LogP contribution in [0.2, 0.25) is 0 Å². The zero-order chi connectivity index (χ0) is 25.0. The number of likely N-dealkylation sites (tertiary alicyclic amines) is 1. The number of nitrogens with zero attached hydrogens (tertiary/aromatic N) is 1. The lowest BCUT2D eigenvalue weighted by atomic mass is 9.98. The number of nitrogens with one attached hydrogen (secondary N) is 2. The van der Waals surface area contributed by atoms with Crippen molar-refractivity contribution in [2.75, 3.05) is 13.1 Å². The van der Waals surface area contributed by atoms with Gasteiger partial charge in [-0.1, -0.05) is 74.5 Å². The van der Waals surface area contributed by atoms with E-state index in [-0.39, 0.29) is 30.4 Å². The van der Waals surface area contributed by atoms with Crippen molar-refractivity contribution in [3.63, 3.8) is 0 Å². The lowest BCUT2D eigenvalue weighted by Crippen LogP contribution is -2.53. The van der Waals surface area contributed by atoms with Crippen LogP contribution in [0.5, 0.6) is 0 Å². The average Bonchev–Trinajstić information content (AvgIpc) is 2.89. The maximum atomic E-state index is 13.2. The summed E-state index contributed by atoms with van der Waals surface area (Å²) in [4.78, 5) is 40.3. The molecule has 0 radical (unpaired) electrons. The number of ether oxygens (including phenoxy) is 1. The zero-order valence-corrected chi connectivity index (χ0v) is 20.7. The van der Waals surface area contributed by atoms with Crippen LogP contribution in [-0.2, 0) is 27.4 Å². The number of amides is 3. The van der Waals surface area contributed by atoms with Gasteiger partial charge in [-0.15, -0.1) is 0 Å². The molecule has 1 saturated heterocycles. The second-order valence-corrected chi connectivity index (χ2v) is 9.07. The van der Waals surface area contributed by atoms with Crippen LogP contribution in [0, 0.1) is 5.92 Å². The molecule has 1 atom stereocenters. The smallest absolute Gasteiger partial charge is 0.408 e. The van der Waals surface area contributed by atoms with E-state index in [4.69, 9.17) is 4.74 Å². The Hall–Kier alpha value is -3.35. The Bertz CT molecular complexity index is 939. The summed E-state index contributed by atoms with van der Waals surface area (Å²) >= 11 is 0. The van der Waals surface area contributed by atoms with Gasteiger partial charge in [-0.3, -0.25) is 9.59 Å². The molecule has 7 nitrogen and oxygen atoms in total. The molecule has 1 aliphatic heterocycles. The summed E-state index contributed by atoms with van der Waals surface area (Å²) in [5.74, 6) is 0.0438. The van der Waals surface area contributed by atoms with Crippen LogP contribution in [-0.4, -0.2) is 48.0 Å². The van der Waals surface area contributed by atoms with E-state index in [1.165, 1.54) is 0 Å². The van der Waals surface area contributed by atoms with Crippen molar-refractivity contribution < 1.29 is 19.1 Å². The van der Waals surface area contributed by atoms with Crippen LogP contribution in [0.1, 0.15) is 50.7 Å². The number of alkyl carbamates (subject to hydrolysis) is 1. The number of benzene rings is 2. The van der Waals surface area contributed by atoms with Crippen LogP contribution in [0.25, 0.3) is 0 Å². The van der Waals surface area contributed by atoms with Gasteiger partial charge < -0.3 is 20.3 Å². The van der Waals surface area contributed by atoms with Crippen molar-refractivity contribution in [2.24, 2.45) is 5.92 Å². The van der Waals surface area contributed by atoms with Crippen molar-refractivity contribution in [3.8, 4) is 0 Å².